The molecule has 6 heteroatoms. The summed E-state index contributed by atoms with van der Waals surface area (Å²) in [5, 5.41) is 23.3. The third kappa shape index (κ3) is 65.2. The Kier molecular flexibility index (Phi) is 67.9. The van der Waals surface area contributed by atoms with Crippen molar-refractivity contribution in [2.24, 2.45) is 0 Å². The van der Waals surface area contributed by atoms with E-state index in [1.165, 1.54) is 321 Å². The van der Waals surface area contributed by atoms with Crippen molar-refractivity contribution in [2.75, 3.05) is 13.2 Å². The molecule has 0 spiro atoms. The highest BCUT2D eigenvalue weighted by molar-refractivity contribution is 5.76. The number of amides is 1. The maximum absolute atomic E-state index is 12.5. The van der Waals surface area contributed by atoms with Gasteiger partial charge in [-0.25, -0.2) is 0 Å². The molecule has 0 aliphatic carbocycles. The van der Waals surface area contributed by atoms with E-state index in [1.807, 2.05) is 6.08 Å². The summed E-state index contributed by atoms with van der Waals surface area (Å²) >= 11 is 0. The van der Waals surface area contributed by atoms with Gasteiger partial charge in [0, 0.05) is 12.8 Å². The monoisotopic (exact) mass is 1120 g/mol. The van der Waals surface area contributed by atoms with Crippen molar-refractivity contribution in [1.82, 2.24) is 5.32 Å². The Bertz CT molecular complexity index is 1300. The van der Waals surface area contributed by atoms with Crippen LogP contribution in [0.4, 0.5) is 0 Å². The lowest BCUT2D eigenvalue weighted by molar-refractivity contribution is -0.143. The Morgan fingerprint density at radius 1 is 0.350 bits per heavy atom. The van der Waals surface area contributed by atoms with E-state index in [4.69, 9.17) is 4.74 Å². The molecule has 2 unspecified atom stereocenters. The number of unbranched alkanes of at least 4 members (excludes halogenated alkanes) is 53. The molecule has 0 rings (SSSR count). The number of nitrogens with one attached hydrogen (secondary N) is 1. The quantitative estimate of drug-likeness (QED) is 0.0320. The van der Waals surface area contributed by atoms with Gasteiger partial charge in [0.1, 0.15) is 0 Å². The maximum atomic E-state index is 12.5. The van der Waals surface area contributed by atoms with Crippen molar-refractivity contribution in [3.8, 4) is 0 Å². The van der Waals surface area contributed by atoms with Crippen molar-refractivity contribution in [2.45, 2.75) is 411 Å². The number of carbonyl (C=O) groups excluding carboxylic acids is 2. The van der Waals surface area contributed by atoms with Crippen LogP contribution in [0.15, 0.2) is 36.5 Å². The maximum Gasteiger partial charge on any atom is 0.305 e. The molecule has 0 aromatic heterocycles. The first kappa shape index (κ1) is 78.1. The molecule has 0 radical (unpaired) electrons. The molecule has 0 saturated heterocycles. The topological polar surface area (TPSA) is 95.9 Å². The van der Waals surface area contributed by atoms with E-state index in [0.717, 1.165) is 51.4 Å². The summed E-state index contributed by atoms with van der Waals surface area (Å²) < 4.78 is 5.49. The van der Waals surface area contributed by atoms with Crippen molar-refractivity contribution >= 4 is 11.9 Å². The molecule has 0 aromatic rings. The van der Waals surface area contributed by atoms with E-state index in [1.54, 1.807) is 6.08 Å². The normalized spacial score (nSPS) is 12.7. The van der Waals surface area contributed by atoms with Crippen LogP contribution in [0.2, 0.25) is 0 Å². The average Bonchev–Trinajstić information content (AvgIpc) is 3.46. The lowest BCUT2D eigenvalue weighted by Gasteiger charge is -2.20. The van der Waals surface area contributed by atoms with Gasteiger partial charge in [-0.05, 0) is 64.2 Å². The van der Waals surface area contributed by atoms with Gasteiger partial charge in [0.15, 0.2) is 0 Å². The zero-order chi connectivity index (χ0) is 57.8. The summed E-state index contributed by atoms with van der Waals surface area (Å²) in [6.45, 7) is 4.91. The predicted molar refractivity (Wildman–Crippen MR) is 352 cm³/mol. The fourth-order valence-corrected chi connectivity index (χ4v) is 11.4. The van der Waals surface area contributed by atoms with Crippen LogP contribution in [0.3, 0.4) is 0 Å². The third-order valence-electron chi connectivity index (χ3n) is 16.9. The first-order chi connectivity index (χ1) is 39.5. The van der Waals surface area contributed by atoms with Gasteiger partial charge in [0.25, 0.3) is 0 Å². The number of hydrogen-bond donors (Lipinski definition) is 3. The molecular weight excluding hydrogens is 983 g/mol. The Balaban J connectivity index is 3.40. The Labute approximate surface area is 500 Å². The standard InChI is InChI=1S/C74H141NO5/c1-3-5-7-9-11-13-15-17-19-20-21-22-23-26-29-32-35-39-42-46-50-54-58-62-66-72(77)71(70-76)75-73(78)67-63-59-55-51-47-43-40-36-33-30-27-24-25-28-31-34-37-41-45-49-53-57-61-65-69-80-74(79)68-64-60-56-52-48-44-38-18-16-14-12-10-8-6-4-2/h12,14,18,38,62,66,71-72,76-77H,3-11,13,15-17,19-37,39-61,63-65,67-70H2,1-2H3,(H,75,78)/b14-12-,38-18-,66-62+. The first-order valence-electron chi connectivity index (χ1n) is 36.3. The minimum atomic E-state index is -0.846. The van der Waals surface area contributed by atoms with Gasteiger partial charge in [-0.2, -0.15) is 0 Å². The Morgan fingerprint density at radius 3 is 0.975 bits per heavy atom. The predicted octanol–water partition coefficient (Wildman–Crippen LogP) is 23.5. The van der Waals surface area contributed by atoms with Crippen molar-refractivity contribution in [1.29, 1.82) is 0 Å². The second kappa shape index (κ2) is 69.6. The summed E-state index contributed by atoms with van der Waals surface area (Å²) in [7, 11) is 0. The zero-order valence-corrected chi connectivity index (χ0v) is 54.1. The van der Waals surface area contributed by atoms with Crippen LogP contribution in [0.1, 0.15) is 399 Å². The number of hydrogen-bond acceptors (Lipinski definition) is 5. The number of allylic oxidation sites excluding steroid dienone is 5. The third-order valence-corrected chi connectivity index (χ3v) is 16.9. The van der Waals surface area contributed by atoms with Crippen molar-refractivity contribution in [3.63, 3.8) is 0 Å². The lowest BCUT2D eigenvalue weighted by Crippen LogP contribution is -2.45. The average molecular weight is 1120 g/mol. The number of esters is 1. The van der Waals surface area contributed by atoms with Crippen LogP contribution < -0.4 is 5.32 Å². The van der Waals surface area contributed by atoms with Gasteiger partial charge in [0.2, 0.25) is 5.91 Å². The highest BCUT2D eigenvalue weighted by Crippen LogP contribution is 2.19. The van der Waals surface area contributed by atoms with Crippen LogP contribution in [-0.2, 0) is 14.3 Å². The second-order valence-corrected chi connectivity index (χ2v) is 24.9. The molecule has 0 saturated carbocycles. The van der Waals surface area contributed by atoms with Gasteiger partial charge in [-0.15, -0.1) is 0 Å². The Morgan fingerprint density at radius 2 is 0.625 bits per heavy atom. The van der Waals surface area contributed by atoms with Crippen LogP contribution in [0, 0.1) is 0 Å². The minimum Gasteiger partial charge on any atom is -0.466 e. The molecule has 0 aliphatic heterocycles. The fraction of sp³-hybridized carbons (Fsp3) is 0.892. The van der Waals surface area contributed by atoms with Gasteiger partial charge < -0.3 is 20.3 Å². The number of aliphatic hydroxyl groups is 2. The van der Waals surface area contributed by atoms with Crippen molar-refractivity contribution < 1.29 is 24.5 Å². The van der Waals surface area contributed by atoms with E-state index < -0.39 is 12.1 Å². The summed E-state index contributed by atoms with van der Waals surface area (Å²) in [4.78, 5) is 24.6. The van der Waals surface area contributed by atoms with E-state index in [2.05, 4.69) is 43.5 Å². The molecule has 0 aromatic carbocycles. The molecule has 1 amide bonds. The lowest BCUT2D eigenvalue weighted by atomic mass is 10.0. The van der Waals surface area contributed by atoms with Gasteiger partial charge in [-0.3, -0.25) is 9.59 Å². The molecule has 0 heterocycles. The molecule has 0 fully saturated rings. The number of rotatable bonds is 68. The summed E-state index contributed by atoms with van der Waals surface area (Å²) in [5.41, 5.74) is 0. The molecule has 3 N–H and O–H groups in total. The molecule has 472 valence electrons. The highest BCUT2D eigenvalue weighted by atomic mass is 16.5. The van der Waals surface area contributed by atoms with E-state index in [9.17, 15) is 19.8 Å². The van der Waals surface area contributed by atoms with Crippen molar-refractivity contribution in [3.05, 3.63) is 36.5 Å². The van der Waals surface area contributed by atoms with Gasteiger partial charge in [0.05, 0.1) is 25.4 Å². The van der Waals surface area contributed by atoms with Crippen LogP contribution in [-0.4, -0.2) is 47.4 Å². The molecule has 0 bridgehead atoms. The SMILES string of the molecule is CCCCC/C=C\C/C=C\CCCCCCCC(=O)OCCCCCCCCCCCCCCCCCCCCCCCCCCC(=O)NC(CO)C(O)/C=C/CCCCCCCCCCCCCCCCCCCCCCCC. The summed E-state index contributed by atoms with van der Waals surface area (Å²) in [5.74, 6) is -0.0612. The van der Waals surface area contributed by atoms with E-state index in [0.29, 0.717) is 19.4 Å². The molecule has 6 nitrogen and oxygen atoms in total. The van der Waals surface area contributed by atoms with Gasteiger partial charge in [-0.1, -0.05) is 359 Å². The Hall–Kier alpha value is -1.92. The minimum absolute atomic E-state index is 0.00157. The van der Waals surface area contributed by atoms with E-state index in [-0.39, 0.29) is 18.5 Å². The fourth-order valence-electron chi connectivity index (χ4n) is 11.4. The first-order valence-corrected chi connectivity index (χ1v) is 36.3. The number of ether oxygens (including phenoxy) is 1. The molecule has 80 heavy (non-hydrogen) atoms. The highest BCUT2D eigenvalue weighted by Gasteiger charge is 2.18. The van der Waals surface area contributed by atoms with Crippen LogP contribution in [0.25, 0.3) is 0 Å². The summed E-state index contributed by atoms with van der Waals surface area (Å²) in [6, 6.07) is -0.629. The number of aliphatic hydroxyl groups excluding tert-OH is 2. The van der Waals surface area contributed by atoms with Crippen LogP contribution >= 0.6 is 0 Å². The summed E-state index contributed by atoms with van der Waals surface area (Å²) in [6.07, 6.45) is 89.4. The number of carbonyl (C=O) groups is 2. The second-order valence-electron chi connectivity index (χ2n) is 24.9. The molecule has 0 aliphatic rings. The molecular formula is C74H141NO5. The van der Waals surface area contributed by atoms with E-state index >= 15 is 0 Å². The van der Waals surface area contributed by atoms with Gasteiger partial charge >= 0.3 is 5.97 Å². The zero-order valence-electron chi connectivity index (χ0n) is 54.1. The largest absolute Gasteiger partial charge is 0.466 e. The van der Waals surface area contributed by atoms with Crippen LogP contribution in [0.5, 0.6) is 0 Å². The smallest absolute Gasteiger partial charge is 0.305 e. The molecule has 2 atom stereocenters.